The summed E-state index contributed by atoms with van der Waals surface area (Å²) in [6, 6.07) is 43.8. The van der Waals surface area contributed by atoms with Crippen LogP contribution in [0.4, 0.5) is 0 Å². The molecule has 242 valence electrons. The van der Waals surface area contributed by atoms with E-state index in [2.05, 4.69) is 114 Å². The number of phenols is 2. The van der Waals surface area contributed by atoms with E-state index in [-0.39, 0.29) is 11.5 Å². The van der Waals surface area contributed by atoms with E-state index in [9.17, 15) is 10.2 Å². The molecule has 5 rings (SSSR count). The number of aliphatic imine (C=N–C) groups is 2. The molecular weight excluding hydrogens is 808 g/mol. The van der Waals surface area contributed by atoms with Gasteiger partial charge in [0.25, 0.3) is 0 Å². The number of halogens is 4. The Hall–Kier alpha value is -2.12. The summed E-state index contributed by atoms with van der Waals surface area (Å²) in [4.78, 5) is 8.99. The van der Waals surface area contributed by atoms with Gasteiger partial charge in [0.2, 0.25) is 0 Å². The number of aromatic hydroxyl groups is 2. The maximum absolute atomic E-state index is 10.7. The van der Waals surface area contributed by atoms with Crippen molar-refractivity contribution < 1.29 is 40.5 Å². The van der Waals surface area contributed by atoms with Crippen LogP contribution >= 0.6 is 46.0 Å². The SMILES string of the molecule is CCc1ccc(O)c(C=NCCN=Cc2cc(C[P+](c3ccccc3)(c3ccccc3)c3ccccc3)ccc2O)c1.[Cl][Zn][Cl].[Cl][Zn][Cl]. The van der Waals surface area contributed by atoms with Gasteiger partial charge in [0.1, 0.15) is 34.7 Å². The van der Waals surface area contributed by atoms with Crippen LogP contribution in [-0.4, -0.2) is 35.7 Å². The summed E-state index contributed by atoms with van der Waals surface area (Å²) in [5, 5.41) is 24.7. The van der Waals surface area contributed by atoms with E-state index in [1.54, 1.807) is 24.6 Å². The third-order valence-electron chi connectivity index (χ3n) is 7.42. The Morgan fingerprint density at radius 2 is 0.917 bits per heavy atom. The fourth-order valence-electron chi connectivity index (χ4n) is 5.22. The molecule has 0 aliphatic carbocycles. The minimum absolute atomic E-state index is 0.204. The Morgan fingerprint density at radius 3 is 1.29 bits per heavy atom. The molecule has 0 spiro atoms. The Balaban J connectivity index is 0.000000969. The first kappa shape index (κ1) is 40.3. The fraction of sp³-hybridized carbons (Fsp3) is 0.135. The van der Waals surface area contributed by atoms with E-state index < -0.39 is 37.6 Å². The van der Waals surface area contributed by atoms with Gasteiger partial charge in [-0.1, -0.05) is 73.7 Å². The quantitative estimate of drug-likeness (QED) is 0.0603. The van der Waals surface area contributed by atoms with Crippen molar-refractivity contribution in [2.45, 2.75) is 19.5 Å². The Morgan fingerprint density at radius 1 is 0.562 bits per heavy atom. The summed E-state index contributed by atoms with van der Waals surface area (Å²) in [7, 11) is 17.7. The van der Waals surface area contributed by atoms with Crippen molar-refractivity contribution in [2.24, 2.45) is 9.98 Å². The first-order valence-corrected chi connectivity index (χ1v) is 32.9. The molecule has 5 aromatic carbocycles. The van der Waals surface area contributed by atoms with Gasteiger partial charge in [-0.15, -0.1) is 0 Å². The van der Waals surface area contributed by atoms with E-state index in [4.69, 9.17) is 38.8 Å². The van der Waals surface area contributed by atoms with E-state index in [0.717, 1.165) is 23.7 Å². The molecule has 0 bridgehead atoms. The normalized spacial score (nSPS) is 10.8. The van der Waals surface area contributed by atoms with E-state index in [1.165, 1.54) is 15.9 Å². The van der Waals surface area contributed by atoms with Crippen LogP contribution in [0.15, 0.2) is 137 Å². The summed E-state index contributed by atoms with van der Waals surface area (Å²) >= 11 is -1.86. The van der Waals surface area contributed by atoms with E-state index >= 15 is 0 Å². The molecule has 48 heavy (non-hydrogen) atoms. The topological polar surface area (TPSA) is 65.2 Å². The molecule has 0 aliphatic heterocycles. The molecule has 11 heteroatoms. The van der Waals surface area contributed by atoms with Crippen LogP contribution in [-0.2, 0) is 42.9 Å². The number of benzene rings is 5. The molecule has 4 nitrogen and oxygen atoms in total. The molecule has 0 saturated carbocycles. The molecule has 5 aromatic rings. The minimum atomic E-state index is -2.06. The molecule has 0 aromatic heterocycles. The van der Waals surface area contributed by atoms with Crippen LogP contribution in [0.1, 0.15) is 29.2 Å². The summed E-state index contributed by atoms with van der Waals surface area (Å²) < 4.78 is 0. The van der Waals surface area contributed by atoms with Crippen molar-refractivity contribution in [3.05, 3.63) is 150 Å². The van der Waals surface area contributed by atoms with Crippen LogP contribution in [0.5, 0.6) is 11.5 Å². The fourth-order valence-corrected chi connectivity index (χ4v) is 9.45. The molecule has 2 N–H and O–H groups in total. The van der Waals surface area contributed by atoms with Crippen molar-refractivity contribution >= 4 is 74.4 Å². The molecule has 0 fully saturated rings. The standard InChI is InChI=1S/C37H35N2O2P.4ClH.2Zn/c1-2-29-18-20-36(40)31(24-29)26-38-22-23-39-27-32-25-30(19-21-37(32)41)28-42(33-12-6-3-7-13-33,34-14-8-4-9-15-34)35-16-10-5-11-17-35;;;;;;/h3-21,24-27H,2,22-23,28H2,1H3,(H-,38,39,40,41);4*1H;;/q;;;;;2*+2/p-3. The molecule has 0 saturated heterocycles. The number of aryl methyl sites for hydroxylation is 1. The molecule has 0 unspecified atom stereocenters. The Labute approximate surface area is 316 Å². The molecule has 0 radical (unpaired) electrons. The number of rotatable bonds is 11. The van der Waals surface area contributed by atoms with Crippen molar-refractivity contribution in [1.29, 1.82) is 0 Å². The predicted molar refractivity (Wildman–Crippen MR) is 203 cm³/mol. The first-order chi connectivity index (χ1) is 23.4. The molecular formula is C37H36Cl4N2O2PZn2+. The van der Waals surface area contributed by atoms with Crippen LogP contribution in [0.2, 0.25) is 0 Å². The van der Waals surface area contributed by atoms with Crippen molar-refractivity contribution in [1.82, 2.24) is 0 Å². The zero-order valence-electron chi connectivity index (χ0n) is 26.8. The number of nitrogens with zero attached hydrogens (tertiary/aromatic N) is 2. The van der Waals surface area contributed by atoms with Gasteiger partial charge < -0.3 is 10.2 Å². The first-order valence-electron chi connectivity index (χ1n) is 15.4. The predicted octanol–water partition coefficient (Wildman–Crippen LogP) is 9.45. The third-order valence-corrected chi connectivity index (χ3v) is 11.8. The number of hydrogen-bond acceptors (Lipinski definition) is 4. The summed E-state index contributed by atoms with van der Waals surface area (Å²) in [6.07, 6.45) is 5.15. The van der Waals surface area contributed by atoms with Gasteiger partial charge >= 0.3 is 69.1 Å². The molecule has 0 amide bonds. The van der Waals surface area contributed by atoms with Crippen LogP contribution < -0.4 is 15.9 Å². The Kier molecular flexibility index (Phi) is 18.9. The second-order valence-electron chi connectivity index (χ2n) is 10.4. The van der Waals surface area contributed by atoms with Gasteiger partial charge in [0.05, 0.1) is 19.3 Å². The molecule has 0 atom stereocenters. The maximum atomic E-state index is 10.7. The van der Waals surface area contributed by atoms with Gasteiger partial charge in [-0.25, -0.2) is 0 Å². The van der Waals surface area contributed by atoms with Gasteiger partial charge in [-0.3, -0.25) is 9.98 Å². The zero-order chi connectivity index (χ0) is 34.6. The van der Waals surface area contributed by atoms with E-state index in [1.807, 2.05) is 18.2 Å². The van der Waals surface area contributed by atoms with Crippen LogP contribution in [0, 0.1) is 0 Å². The number of hydrogen-bond donors (Lipinski definition) is 2. The molecule has 0 heterocycles. The number of phenolic OH excluding ortho intramolecular Hbond substituents is 2. The molecule has 0 aliphatic rings. The summed E-state index contributed by atoms with van der Waals surface area (Å²) in [5.74, 6) is 0.428. The van der Waals surface area contributed by atoms with Crippen molar-refractivity contribution in [2.75, 3.05) is 13.1 Å². The van der Waals surface area contributed by atoms with Gasteiger partial charge in [0, 0.05) is 23.6 Å². The second kappa shape index (κ2) is 22.6. The van der Waals surface area contributed by atoms with Gasteiger partial charge in [0.15, 0.2) is 0 Å². The second-order valence-corrected chi connectivity index (χ2v) is 23.1. The van der Waals surface area contributed by atoms with Crippen molar-refractivity contribution in [3.8, 4) is 11.5 Å². The van der Waals surface area contributed by atoms with Crippen molar-refractivity contribution in [3.63, 3.8) is 0 Å². The zero-order valence-corrected chi connectivity index (χ0v) is 36.6. The van der Waals surface area contributed by atoms with Gasteiger partial charge in [-0.05, 0) is 78.2 Å². The average Bonchev–Trinajstić information content (AvgIpc) is 3.12. The monoisotopic (exact) mass is 839 g/mol. The van der Waals surface area contributed by atoms with E-state index in [0.29, 0.717) is 24.2 Å². The Bertz CT molecular complexity index is 1620. The summed E-state index contributed by atoms with van der Waals surface area (Å²) in [6.45, 7) is 3.04. The summed E-state index contributed by atoms with van der Waals surface area (Å²) in [5.41, 5.74) is 3.70. The third kappa shape index (κ3) is 12.0. The van der Waals surface area contributed by atoms with Gasteiger partial charge in [-0.2, -0.15) is 0 Å². The van der Waals surface area contributed by atoms with Crippen LogP contribution in [0.25, 0.3) is 0 Å². The van der Waals surface area contributed by atoms with Crippen LogP contribution in [0.3, 0.4) is 0 Å². The average molecular weight is 844 g/mol.